The molecule has 1 saturated heterocycles. The summed E-state index contributed by atoms with van der Waals surface area (Å²) in [7, 11) is 0. The first kappa shape index (κ1) is 25.5. The number of carbonyl (C=O) groups is 2. The summed E-state index contributed by atoms with van der Waals surface area (Å²) in [5.74, 6) is -0.396. The van der Waals surface area contributed by atoms with Crippen molar-refractivity contribution in [3.63, 3.8) is 0 Å². The van der Waals surface area contributed by atoms with Crippen LogP contribution in [0, 0.1) is 0 Å². The predicted octanol–water partition coefficient (Wildman–Crippen LogP) is 2.68. The van der Waals surface area contributed by atoms with Crippen LogP contribution < -0.4 is 11.1 Å². The standard InChI is InChI=1S/C26H33N7O3/c1-4-16(2)32(23(36)15-34)12-6-8-22-24(17(3)35)25(27)33-26(31-22)19(14-30-33)18-9-10-21(29-13-18)20-7-5-11-28-20/h6,9-10,12-14,16,20,28,34H,4-5,7-8,11,15,27H2,1-3H3/b12-6-/t16-,20?/m0/s1. The number of aliphatic hydroxyl groups excluding tert-OH is 1. The maximum atomic E-state index is 12.5. The van der Waals surface area contributed by atoms with Crippen LogP contribution in [0.15, 0.2) is 36.8 Å². The molecule has 4 N–H and O–H groups in total. The number of nitrogens with two attached hydrogens (primary N) is 1. The molecule has 1 unspecified atom stereocenters. The SMILES string of the molecule is CC[C@H](C)N(/C=C\Cc1nc2c(-c3ccc(C4CCCN4)nc3)cnn2c(N)c1C(C)=O)C(=O)CO. The van der Waals surface area contributed by atoms with Gasteiger partial charge >= 0.3 is 0 Å². The highest BCUT2D eigenvalue weighted by Crippen LogP contribution is 2.29. The molecule has 10 nitrogen and oxygen atoms in total. The second-order valence-electron chi connectivity index (χ2n) is 9.09. The van der Waals surface area contributed by atoms with Gasteiger partial charge in [-0.2, -0.15) is 9.61 Å². The molecule has 0 aliphatic carbocycles. The van der Waals surface area contributed by atoms with Crippen LogP contribution in [-0.2, 0) is 11.2 Å². The van der Waals surface area contributed by atoms with Crippen molar-refractivity contribution >= 4 is 23.2 Å². The number of anilines is 1. The van der Waals surface area contributed by atoms with Gasteiger partial charge in [-0.25, -0.2) is 4.98 Å². The van der Waals surface area contributed by atoms with E-state index in [-0.39, 0.29) is 30.1 Å². The van der Waals surface area contributed by atoms with Crippen molar-refractivity contribution in [2.24, 2.45) is 0 Å². The Balaban J connectivity index is 1.70. The molecule has 0 radical (unpaired) electrons. The van der Waals surface area contributed by atoms with Crippen LogP contribution in [0.3, 0.4) is 0 Å². The van der Waals surface area contributed by atoms with Gasteiger partial charge in [-0.15, -0.1) is 0 Å². The van der Waals surface area contributed by atoms with E-state index in [4.69, 9.17) is 10.7 Å². The largest absolute Gasteiger partial charge is 0.387 e. The van der Waals surface area contributed by atoms with Crippen LogP contribution >= 0.6 is 0 Å². The van der Waals surface area contributed by atoms with E-state index in [0.717, 1.165) is 42.6 Å². The van der Waals surface area contributed by atoms with Gasteiger partial charge in [0.25, 0.3) is 5.91 Å². The molecule has 1 aliphatic heterocycles. The maximum Gasteiger partial charge on any atom is 0.252 e. The number of fused-ring (bicyclic) bond motifs is 1. The van der Waals surface area contributed by atoms with E-state index in [1.54, 1.807) is 18.5 Å². The number of rotatable bonds is 9. The average molecular weight is 492 g/mol. The molecule has 3 aromatic heterocycles. The van der Waals surface area contributed by atoms with Gasteiger partial charge in [0.15, 0.2) is 11.4 Å². The summed E-state index contributed by atoms with van der Waals surface area (Å²) in [6, 6.07) is 4.21. The van der Waals surface area contributed by atoms with Gasteiger partial charge in [0.05, 0.1) is 23.1 Å². The minimum absolute atomic E-state index is 0.0787. The quantitative estimate of drug-likeness (QED) is 0.388. The molecular weight excluding hydrogens is 458 g/mol. The second kappa shape index (κ2) is 11.0. The molecule has 3 aromatic rings. The number of hydrogen-bond acceptors (Lipinski definition) is 8. The van der Waals surface area contributed by atoms with Crippen molar-refractivity contribution in [3.05, 3.63) is 53.8 Å². The monoisotopic (exact) mass is 491 g/mol. The van der Waals surface area contributed by atoms with Crippen LogP contribution in [0.4, 0.5) is 5.82 Å². The lowest BCUT2D eigenvalue weighted by molar-refractivity contribution is -0.133. The van der Waals surface area contributed by atoms with Gasteiger partial charge in [-0.3, -0.25) is 14.6 Å². The smallest absolute Gasteiger partial charge is 0.252 e. The summed E-state index contributed by atoms with van der Waals surface area (Å²) < 4.78 is 1.48. The molecule has 1 aliphatic rings. The zero-order chi connectivity index (χ0) is 25.8. The van der Waals surface area contributed by atoms with E-state index in [1.165, 1.54) is 16.3 Å². The Morgan fingerprint density at radius 1 is 1.36 bits per heavy atom. The minimum atomic E-state index is -0.576. The molecule has 10 heteroatoms. The van der Waals surface area contributed by atoms with E-state index in [1.807, 2.05) is 32.2 Å². The minimum Gasteiger partial charge on any atom is -0.387 e. The third-order valence-corrected chi connectivity index (χ3v) is 6.69. The van der Waals surface area contributed by atoms with Gasteiger partial charge in [0.2, 0.25) is 0 Å². The van der Waals surface area contributed by atoms with Crippen molar-refractivity contribution in [3.8, 4) is 11.1 Å². The molecule has 4 heterocycles. The number of pyridine rings is 1. The van der Waals surface area contributed by atoms with E-state index < -0.39 is 12.5 Å². The third kappa shape index (κ3) is 5.00. The van der Waals surface area contributed by atoms with Crippen LogP contribution in [0.2, 0.25) is 0 Å². The van der Waals surface area contributed by atoms with Crippen molar-refractivity contribution in [1.29, 1.82) is 0 Å². The topological polar surface area (TPSA) is 139 Å². The molecule has 0 saturated carbocycles. The number of aromatic nitrogens is 4. The number of nitrogens with one attached hydrogen (secondary N) is 1. The Kier molecular flexibility index (Phi) is 7.76. The fourth-order valence-corrected chi connectivity index (χ4v) is 4.54. The highest BCUT2D eigenvalue weighted by molar-refractivity contribution is 6.00. The third-order valence-electron chi connectivity index (χ3n) is 6.69. The Morgan fingerprint density at radius 3 is 2.78 bits per heavy atom. The van der Waals surface area contributed by atoms with Gasteiger partial charge < -0.3 is 21.1 Å². The van der Waals surface area contributed by atoms with Gasteiger partial charge in [-0.05, 0) is 45.7 Å². The highest BCUT2D eigenvalue weighted by atomic mass is 16.3. The number of nitrogens with zero attached hydrogens (tertiary/aromatic N) is 5. The van der Waals surface area contributed by atoms with Gasteiger partial charge in [-0.1, -0.05) is 19.1 Å². The predicted molar refractivity (Wildman–Crippen MR) is 137 cm³/mol. The molecule has 0 spiro atoms. The number of amides is 1. The van der Waals surface area contributed by atoms with E-state index in [0.29, 0.717) is 16.9 Å². The molecule has 4 rings (SSSR count). The van der Waals surface area contributed by atoms with Crippen molar-refractivity contribution in [1.82, 2.24) is 29.8 Å². The maximum absolute atomic E-state index is 12.5. The molecule has 0 aromatic carbocycles. The molecule has 0 bridgehead atoms. The summed E-state index contributed by atoms with van der Waals surface area (Å²) in [5, 5.41) is 17.2. The van der Waals surface area contributed by atoms with Crippen LogP contribution in [0.5, 0.6) is 0 Å². The normalized spacial score (nSPS) is 16.6. The first-order valence-corrected chi connectivity index (χ1v) is 12.3. The van der Waals surface area contributed by atoms with E-state index in [9.17, 15) is 14.7 Å². The number of aliphatic hydroxyl groups is 1. The summed E-state index contributed by atoms with van der Waals surface area (Å²) in [5.41, 5.74) is 10.3. The lowest BCUT2D eigenvalue weighted by Crippen LogP contribution is -2.35. The Bertz CT molecular complexity index is 1280. The lowest BCUT2D eigenvalue weighted by atomic mass is 10.1. The number of Topliss-reactive ketones (excluding diaryl/α,β-unsaturated/α-hetero) is 1. The van der Waals surface area contributed by atoms with Crippen LogP contribution in [-0.4, -0.2) is 60.5 Å². The first-order valence-electron chi connectivity index (χ1n) is 12.3. The molecular formula is C26H33N7O3. The Morgan fingerprint density at radius 2 is 2.17 bits per heavy atom. The zero-order valence-electron chi connectivity index (χ0n) is 20.9. The number of carbonyl (C=O) groups excluding carboxylic acids is 2. The van der Waals surface area contributed by atoms with E-state index in [2.05, 4.69) is 15.4 Å². The average Bonchev–Trinajstić information content (AvgIpc) is 3.56. The number of ketones is 1. The summed E-state index contributed by atoms with van der Waals surface area (Å²) in [6.07, 6.45) is 10.1. The fourth-order valence-electron chi connectivity index (χ4n) is 4.54. The Labute approximate surface area is 210 Å². The Hall–Kier alpha value is -3.63. The summed E-state index contributed by atoms with van der Waals surface area (Å²) >= 11 is 0. The molecule has 190 valence electrons. The van der Waals surface area contributed by atoms with Crippen LogP contribution in [0.1, 0.15) is 67.8 Å². The second-order valence-corrected chi connectivity index (χ2v) is 9.09. The number of hydrogen-bond donors (Lipinski definition) is 3. The number of allylic oxidation sites excluding steroid dienone is 1. The van der Waals surface area contributed by atoms with Gasteiger partial charge in [0, 0.05) is 42.0 Å². The van der Waals surface area contributed by atoms with Gasteiger partial charge in [0.1, 0.15) is 12.4 Å². The van der Waals surface area contributed by atoms with Crippen molar-refractivity contribution in [2.75, 3.05) is 18.9 Å². The van der Waals surface area contributed by atoms with E-state index >= 15 is 0 Å². The summed E-state index contributed by atoms with van der Waals surface area (Å²) in [4.78, 5) is 35.5. The fraction of sp³-hybridized carbons (Fsp3) is 0.423. The van der Waals surface area contributed by atoms with Crippen molar-refractivity contribution < 1.29 is 14.7 Å². The molecule has 1 amide bonds. The molecule has 1 fully saturated rings. The lowest BCUT2D eigenvalue weighted by Gasteiger charge is -2.24. The summed E-state index contributed by atoms with van der Waals surface area (Å²) in [6.45, 7) is 5.74. The van der Waals surface area contributed by atoms with Crippen LogP contribution in [0.25, 0.3) is 16.8 Å². The zero-order valence-corrected chi connectivity index (χ0v) is 20.9. The molecule has 2 atom stereocenters. The molecule has 36 heavy (non-hydrogen) atoms. The van der Waals surface area contributed by atoms with Crippen molar-refractivity contribution in [2.45, 2.75) is 58.5 Å². The first-order chi connectivity index (χ1) is 17.3. The number of nitrogen functional groups attached to an aromatic ring is 1. The highest BCUT2D eigenvalue weighted by Gasteiger charge is 2.22.